The number of para-hydroxylation sites is 4. The quantitative estimate of drug-likeness (QED) is 0.0421. The summed E-state index contributed by atoms with van der Waals surface area (Å²) in [5.74, 6) is 7.99. The molecule has 4 heterocycles. The molecule has 143 heavy (non-hydrogen) atoms. The van der Waals surface area contributed by atoms with Gasteiger partial charge in [-0.25, -0.2) is 8.76 Å². The van der Waals surface area contributed by atoms with Crippen molar-refractivity contribution in [1.29, 1.82) is 1.28 Å². The molecule has 2 aromatic heterocycles. The van der Waals surface area contributed by atoms with Gasteiger partial charge in [0, 0.05) is 32.8 Å². The van der Waals surface area contributed by atoms with Crippen LogP contribution in [0.25, 0.3) is 54.6 Å². The third kappa shape index (κ3) is 30.5. The summed E-state index contributed by atoms with van der Waals surface area (Å²) in [6.07, 6.45) is 11.3. The van der Waals surface area contributed by atoms with E-state index in [1.807, 2.05) is 107 Å². The van der Waals surface area contributed by atoms with E-state index in [0.717, 1.165) is 45.1 Å². The zero-order valence-corrected chi connectivity index (χ0v) is 94.9. The van der Waals surface area contributed by atoms with Gasteiger partial charge in [0.25, 0.3) is 0 Å². The van der Waals surface area contributed by atoms with Crippen molar-refractivity contribution in [1.82, 2.24) is 0 Å². The number of benzene rings is 16. The topological polar surface area (TPSA) is 74.2 Å². The molecule has 2 saturated carbocycles. The predicted molar refractivity (Wildman–Crippen MR) is 644 cm³/mol. The van der Waals surface area contributed by atoms with Crippen LogP contribution in [-0.4, -0.2) is 35.6 Å². The van der Waals surface area contributed by atoms with Gasteiger partial charge >= 0.3 is 29.2 Å². The summed E-state index contributed by atoms with van der Waals surface area (Å²) in [6, 6.07) is 160. The van der Waals surface area contributed by atoms with E-state index in [0.29, 0.717) is 18.7 Å². The second kappa shape index (κ2) is 58.4. The summed E-state index contributed by atoms with van der Waals surface area (Å²) >= 11 is 6.24. The molecular weight excluding hydrogens is 2120 g/mol. The molecule has 4 atom stereocenters. The molecule has 22 rings (SSSR count). The van der Waals surface area contributed by atoms with Crippen molar-refractivity contribution in [2.75, 3.05) is 13.5 Å². The Bertz CT molecular complexity index is 6420. The molecule has 0 amide bonds. The molecule has 16 aromatic carbocycles. The van der Waals surface area contributed by atoms with E-state index >= 15 is 0 Å². The maximum absolute atomic E-state index is 12.1. The van der Waals surface area contributed by atoms with Crippen molar-refractivity contribution >= 4 is 171 Å². The molecule has 1 N–H and O–H groups in total. The van der Waals surface area contributed by atoms with Crippen LogP contribution in [0.15, 0.2) is 461 Å². The Balaban J connectivity index is 0.000000155. The van der Waals surface area contributed by atoms with Crippen molar-refractivity contribution in [3.63, 3.8) is 0 Å². The minimum absolute atomic E-state index is 0. The molecule has 21 heteroatoms. The number of hydrogen-bond donors (Lipinski definition) is 1. The summed E-state index contributed by atoms with van der Waals surface area (Å²) < 4.78 is 50.4. The summed E-state index contributed by atoms with van der Waals surface area (Å²) in [5, 5.41) is 28.8. The van der Waals surface area contributed by atoms with Crippen molar-refractivity contribution in [3.05, 3.63) is 498 Å². The molecule has 2 aliphatic heterocycles. The molecule has 2 aliphatic carbocycles. The fourth-order valence-corrected chi connectivity index (χ4v) is 35.8. The maximum Gasteiger partial charge on any atom is 2.00 e. The number of ether oxygens (including phenoxy) is 2. The van der Waals surface area contributed by atoms with Gasteiger partial charge in [-0.15, -0.1) is 0 Å². The molecule has 4 unspecified atom stereocenters. The zero-order chi connectivity index (χ0) is 98.1. The smallest absolute Gasteiger partial charge is 0.457 e. The third-order valence-electron chi connectivity index (χ3n) is 24.6. The first-order valence-electron chi connectivity index (χ1n) is 47.6. The van der Waals surface area contributed by atoms with Gasteiger partial charge in [-0.3, -0.25) is 0 Å². The molecular formula is C122H121BFFeIO6P10S. The minimum atomic E-state index is -3.09. The minimum Gasteiger partial charge on any atom is -0.457 e. The summed E-state index contributed by atoms with van der Waals surface area (Å²) in [6.45, 7) is 10.9. The summed E-state index contributed by atoms with van der Waals surface area (Å²) in [7, 11) is -5.28. The van der Waals surface area contributed by atoms with Crippen LogP contribution in [-0.2, 0) is 33.4 Å². The molecule has 0 bridgehead atoms. The first kappa shape index (κ1) is 111. The number of halogens is 2. The van der Waals surface area contributed by atoms with E-state index in [-0.39, 0.29) is 59.0 Å². The van der Waals surface area contributed by atoms with Gasteiger partial charge in [-0.05, 0) is 237 Å². The van der Waals surface area contributed by atoms with E-state index in [1.165, 1.54) is 134 Å². The van der Waals surface area contributed by atoms with Crippen molar-refractivity contribution in [3.8, 4) is 77.6 Å². The van der Waals surface area contributed by atoms with Crippen molar-refractivity contribution in [2.24, 2.45) is 0 Å². The summed E-state index contributed by atoms with van der Waals surface area (Å²) in [5.41, 5.74) is 14.3. The second-order valence-electron chi connectivity index (χ2n) is 33.8. The van der Waals surface area contributed by atoms with E-state index in [4.69, 9.17) is 24.8 Å². The van der Waals surface area contributed by atoms with Crippen LogP contribution in [0.3, 0.4) is 0 Å². The Morgan fingerprint density at radius 3 is 0.846 bits per heavy atom. The first-order valence-corrected chi connectivity index (χ1v) is 63.1. The number of hydrogen-bond acceptors (Lipinski definition) is 7. The monoisotopic (exact) mass is 2240 g/mol. The molecule has 0 radical (unpaired) electrons. The Hall–Kier alpha value is -9.19. The van der Waals surface area contributed by atoms with E-state index in [2.05, 4.69) is 403 Å². The normalized spacial score (nSPS) is 13.3. The summed E-state index contributed by atoms with van der Waals surface area (Å²) in [4.78, 5) is 0. The van der Waals surface area contributed by atoms with E-state index in [9.17, 15) is 8.76 Å². The molecule has 2 fully saturated rings. The van der Waals surface area contributed by atoms with Crippen LogP contribution < -0.4 is 71.6 Å². The Morgan fingerprint density at radius 2 is 0.587 bits per heavy atom. The van der Waals surface area contributed by atoms with Gasteiger partial charge in [0.2, 0.25) is 6.79 Å². The molecule has 4 aliphatic rings. The third-order valence-corrected chi connectivity index (χ3v) is 44.6. The van der Waals surface area contributed by atoms with Crippen LogP contribution in [0.1, 0.15) is 73.6 Å². The van der Waals surface area contributed by atoms with Crippen LogP contribution >= 0.6 is 101 Å². The molecule has 6 nitrogen and oxygen atoms in total. The first-order chi connectivity index (χ1) is 69.0. The van der Waals surface area contributed by atoms with Crippen LogP contribution in [0.4, 0.5) is 4.20 Å². The van der Waals surface area contributed by atoms with Gasteiger partial charge in [0.15, 0.2) is 0 Å². The fourth-order valence-electron chi connectivity index (χ4n) is 18.1. The molecule has 18 aromatic rings. The van der Waals surface area contributed by atoms with Gasteiger partial charge < -0.3 is 38.4 Å². The van der Waals surface area contributed by atoms with Crippen molar-refractivity contribution in [2.45, 2.75) is 90.4 Å². The zero-order valence-electron chi connectivity index (χ0n) is 82.6. The SMILES string of the molecule is CP1(=O)Oc2ccccc2-c2ccccc2O1.Cc1cp(-c2ccccc2)c(-c2c(C)c(C)cp2-c2ccccc2)c1C.OB(I)P=S.[2H]P(F)P.[CH3-].[CH3-].[Fe+2].c1ccc(P(c2ccccc2)C2CCCC2)cc1.c1ccc(P(c2ccccc2)C2CCCC2)cc1.c1ccc(P(c2ccccc2)c2ccccc2-c2ccccc2P(c2ccccc2)c2ccccc2)cc1.c1ccc2c(c1)OCOc1ccccc1-2. The largest absolute Gasteiger partial charge is 2.00 e. The number of rotatable bonds is 17. The van der Waals surface area contributed by atoms with Gasteiger partial charge in [0.1, 0.15) is 23.0 Å². The van der Waals surface area contributed by atoms with Gasteiger partial charge in [-0.2, -0.15) is 0 Å². The molecule has 726 valence electrons. The average Bonchev–Trinajstić information content (AvgIpc) is 1.66. The van der Waals surface area contributed by atoms with Crippen LogP contribution in [0, 0.1) is 42.5 Å². The van der Waals surface area contributed by atoms with E-state index < -0.39 is 47.0 Å². The maximum atomic E-state index is 12.1. The van der Waals surface area contributed by atoms with Crippen LogP contribution in [0.2, 0.25) is 0 Å². The fraction of sp³-hybridized carbons (Fsp3) is 0.131. The number of fused-ring (bicyclic) bond motifs is 6. The average molecular weight is 2240 g/mol. The van der Waals surface area contributed by atoms with Crippen LogP contribution in [0.5, 0.6) is 23.0 Å². The Labute approximate surface area is 892 Å². The second-order valence-corrected chi connectivity index (χ2v) is 53.3. The van der Waals surface area contributed by atoms with Crippen molar-refractivity contribution < 1.29 is 49.4 Å². The molecule has 0 spiro atoms. The van der Waals surface area contributed by atoms with Gasteiger partial charge in [0.05, 0.1) is 16.5 Å². The predicted octanol–water partition coefficient (Wildman–Crippen LogP) is 33.6. The van der Waals surface area contributed by atoms with Gasteiger partial charge in [-0.1, -0.05) is 509 Å². The number of aryl methyl sites for hydroxylation is 2. The standard InChI is InChI=1S/C36H28P2.C24H24P2.2C17H19P.C13H11O3P.C13H10O2.2CH3.BHIOPS.FH3P2.Fe/c1-5-17-29(18-6-1)37(30-19-7-2-8-20-30)35-27-15-13-25-33(35)34-26-14-16-28-36(34)38(31-21-9-3-10-22-31)32-23-11-4-12-24-32;1-17-15-25(21-11-7-5-8-12-21)23(19(17)3)24-20(4)18(2)16-26(24)22-13-9-6-10-14-22;2*1-3-9-15(10-4-1)18(17-13-7-8-14-17)16-11-5-2-6-12-16;1-17(14)15-12-8-4-2-6-10(12)11-7-3-5-9-13(11)16-17;1-3-7-12-10(5-1)11-6-2-4-8-13(11)15-9-14-12;;;2-1(3)4-5;1-3-2;/h1-28H;5-16H,1-4H3;2*1-6,9-12,17H,7-8,13-14H2;2-9H,1H3;1-8H,9H2;2*1H3;3H;3H,2H2;/q;;;;;;2*-1;;;+2/i;;;;;;;;;3D;. The molecule has 0 saturated heterocycles. The Morgan fingerprint density at radius 1 is 0.378 bits per heavy atom. The Kier molecular flexibility index (Phi) is 45.3. The van der Waals surface area contributed by atoms with E-state index in [1.54, 1.807) is 52.9 Å².